The lowest BCUT2D eigenvalue weighted by Crippen LogP contribution is -2.40. The fourth-order valence-electron chi connectivity index (χ4n) is 6.30. The van der Waals surface area contributed by atoms with Gasteiger partial charge in [0, 0.05) is 12.8 Å². The van der Waals surface area contributed by atoms with E-state index in [1.165, 1.54) is 44.9 Å². The fraction of sp³-hybridized carbons (Fsp3) is 0.685. The van der Waals surface area contributed by atoms with Gasteiger partial charge < -0.3 is 28.5 Å². The van der Waals surface area contributed by atoms with Gasteiger partial charge in [-0.05, 0) is 89.9 Å². The SMILES string of the molecule is CC/C=C\C/C=C\C/C=C\C/C=C\C/C=C\CCCCCCCCCC(=O)OC(COC(=O)CCCCCCC/C=C\C/C=C\CCCCC)COC(OCC[N+](C)(C)C)C(=O)O. The number of carboxylic acids is 1. The standard InChI is InChI=1S/C54H91NO8/c1-6-8-10-12-14-16-18-20-22-23-24-25-26-27-28-29-31-33-35-37-39-41-43-45-52(57)63-50(49-62-54(53(58)59)60-47-46-55(3,4)5)48-61-51(56)44-42-40-38-36-34-32-30-21-19-17-15-13-11-9-7-2/h8,10,14-17,20-22,24-25,27-28,30,50,54H,6-7,9,11-13,18-19,23,26,29,31-49H2,1-5H3/p+1/b10-8-,16-14-,17-15-,22-20-,25-24-,28-27-,30-21-. The van der Waals surface area contributed by atoms with E-state index in [9.17, 15) is 19.5 Å². The highest BCUT2D eigenvalue weighted by molar-refractivity contribution is 5.71. The summed E-state index contributed by atoms with van der Waals surface area (Å²) >= 11 is 0. The molecule has 0 radical (unpaired) electrons. The van der Waals surface area contributed by atoms with Crippen LogP contribution in [0.3, 0.4) is 0 Å². The smallest absolute Gasteiger partial charge is 0.361 e. The van der Waals surface area contributed by atoms with Gasteiger partial charge in [-0.1, -0.05) is 163 Å². The first kappa shape index (κ1) is 59.5. The van der Waals surface area contributed by atoms with Gasteiger partial charge in [0.1, 0.15) is 13.2 Å². The topological polar surface area (TPSA) is 108 Å². The van der Waals surface area contributed by atoms with Crippen LogP contribution in [0.15, 0.2) is 85.1 Å². The van der Waals surface area contributed by atoms with Crippen molar-refractivity contribution in [1.82, 2.24) is 0 Å². The minimum absolute atomic E-state index is 0.178. The molecule has 0 aliphatic heterocycles. The van der Waals surface area contributed by atoms with Crippen LogP contribution in [0.4, 0.5) is 0 Å². The molecule has 1 N–H and O–H groups in total. The maximum absolute atomic E-state index is 12.8. The molecular formula is C54H92NO8+. The summed E-state index contributed by atoms with van der Waals surface area (Å²) in [5.41, 5.74) is 0. The molecule has 0 fully saturated rings. The number of esters is 2. The first-order valence-corrected chi connectivity index (χ1v) is 24.8. The van der Waals surface area contributed by atoms with Gasteiger partial charge in [-0.15, -0.1) is 0 Å². The number of nitrogens with zero attached hydrogens (tertiary/aromatic N) is 1. The minimum Gasteiger partial charge on any atom is -0.477 e. The molecule has 9 heteroatoms. The van der Waals surface area contributed by atoms with Gasteiger partial charge in [0.05, 0.1) is 34.4 Å². The Hall–Kier alpha value is -3.53. The van der Waals surface area contributed by atoms with Crippen molar-refractivity contribution in [2.45, 2.75) is 193 Å². The molecule has 0 aliphatic carbocycles. The highest BCUT2D eigenvalue weighted by Crippen LogP contribution is 2.13. The lowest BCUT2D eigenvalue weighted by Gasteiger charge is -2.25. The van der Waals surface area contributed by atoms with Gasteiger partial charge in [0.2, 0.25) is 0 Å². The number of quaternary nitrogens is 1. The second-order valence-corrected chi connectivity index (χ2v) is 17.4. The van der Waals surface area contributed by atoms with E-state index in [2.05, 4.69) is 98.9 Å². The summed E-state index contributed by atoms with van der Waals surface area (Å²) < 4.78 is 22.8. The Bertz CT molecular complexity index is 1300. The normalized spacial score (nSPS) is 13.6. The van der Waals surface area contributed by atoms with Crippen molar-refractivity contribution in [3.8, 4) is 0 Å². The largest absolute Gasteiger partial charge is 0.477 e. The summed E-state index contributed by atoms with van der Waals surface area (Å²) in [7, 11) is 5.94. The first-order valence-electron chi connectivity index (χ1n) is 24.8. The van der Waals surface area contributed by atoms with E-state index in [-0.39, 0.29) is 38.6 Å². The Morgan fingerprint density at radius 2 is 0.905 bits per heavy atom. The summed E-state index contributed by atoms with van der Waals surface area (Å²) in [4.78, 5) is 37.2. The number of carboxylic acid groups (broad SMARTS) is 1. The predicted molar refractivity (Wildman–Crippen MR) is 262 cm³/mol. The van der Waals surface area contributed by atoms with E-state index < -0.39 is 24.3 Å². The number of hydrogen-bond acceptors (Lipinski definition) is 7. The average molecular weight is 883 g/mol. The van der Waals surface area contributed by atoms with Crippen LogP contribution >= 0.6 is 0 Å². The van der Waals surface area contributed by atoms with Crippen LogP contribution in [-0.4, -0.2) is 87.4 Å². The van der Waals surface area contributed by atoms with Crippen molar-refractivity contribution in [1.29, 1.82) is 0 Å². The quantitative estimate of drug-likeness (QED) is 0.0212. The molecule has 0 aromatic carbocycles. The number of likely N-dealkylation sites (N-methyl/N-ethyl adjacent to an activating group) is 1. The number of carbonyl (C=O) groups is 3. The highest BCUT2D eigenvalue weighted by Gasteiger charge is 2.25. The van der Waals surface area contributed by atoms with E-state index in [0.29, 0.717) is 17.4 Å². The van der Waals surface area contributed by atoms with E-state index in [0.717, 1.165) is 103 Å². The van der Waals surface area contributed by atoms with Crippen LogP contribution in [0.1, 0.15) is 181 Å². The van der Waals surface area contributed by atoms with E-state index in [1.54, 1.807) is 0 Å². The Morgan fingerprint density at radius 3 is 1.35 bits per heavy atom. The fourth-order valence-corrected chi connectivity index (χ4v) is 6.30. The molecule has 0 aromatic rings. The lowest BCUT2D eigenvalue weighted by atomic mass is 10.1. The summed E-state index contributed by atoms with van der Waals surface area (Å²) in [6, 6.07) is 0. The zero-order chi connectivity index (χ0) is 46.3. The van der Waals surface area contributed by atoms with Crippen LogP contribution in [0, 0.1) is 0 Å². The molecule has 0 aliphatic rings. The number of aliphatic carboxylic acids is 1. The number of ether oxygens (including phenoxy) is 4. The Labute approximate surface area is 385 Å². The van der Waals surface area contributed by atoms with Crippen LogP contribution in [-0.2, 0) is 33.3 Å². The Balaban J connectivity index is 4.42. The third-order valence-electron chi connectivity index (χ3n) is 10.1. The lowest BCUT2D eigenvalue weighted by molar-refractivity contribution is -0.870. The molecule has 63 heavy (non-hydrogen) atoms. The number of unbranched alkanes of at least 4 members (excludes halogenated alkanes) is 15. The molecule has 0 bridgehead atoms. The molecule has 0 spiro atoms. The van der Waals surface area contributed by atoms with Gasteiger partial charge in [-0.2, -0.15) is 0 Å². The number of hydrogen-bond donors (Lipinski definition) is 1. The molecule has 2 atom stereocenters. The first-order chi connectivity index (χ1) is 30.6. The van der Waals surface area contributed by atoms with Gasteiger partial charge in [-0.25, -0.2) is 4.79 Å². The van der Waals surface area contributed by atoms with Gasteiger partial charge in [-0.3, -0.25) is 9.59 Å². The van der Waals surface area contributed by atoms with E-state index >= 15 is 0 Å². The zero-order valence-electron chi connectivity index (χ0n) is 40.7. The number of carbonyl (C=O) groups excluding carboxylic acids is 2. The van der Waals surface area contributed by atoms with Crippen molar-refractivity contribution in [3.63, 3.8) is 0 Å². The van der Waals surface area contributed by atoms with Crippen molar-refractivity contribution < 1.29 is 42.9 Å². The van der Waals surface area contributed by atoms with Crippen molar-refractivity contribution in [2.24, 2.45) is 0 Å². The third-order valence-corrected chi connectivity index (χ3v) is 10.1. The molecule has 0 heterocycles. The molecule has 2 unspecified atom stereocenters. The molecule has 0 rings (SSSR count). The van der Waals surface area contributed by atoms with E-state index in [1.807, 2.05) is 21.1 Å². The molecule has 0 aromatic heterocycles. The predicted octanol–water partition coefficient (Wildman–Crippen LogP) is 13.7. The maximum Gasteiger partial charge on any atom is 0.361 e. The third kappa shape index (κ3) is 46.3. The van der Waals surface area contributed by atoms with Gasteiger partial charge >= 0.3 is 17.9 Å². The van der Waals surface area contributed by atoms with Crippen LogP contribution in [0.5, 0.6) is 0 Å². The summed E-state index contributed by atoms with van der Waals surface area (Å²) in [5, 5.41) is 9.66. The molecular weight excluding hydrogens is 791 g/mol. The number of allylic oxidation sites excluding steroid dienone is 14. The van der Waals surface area contributed by atoms with Crippen LogP contribution in [0.2, 0.25) is 0 Å². The van der Waals surface area contributed by atoms with Gasteiger partial charge in [0.25, 0.3) is 6.29 Å². The summed E-state index contributed by atoms with van der Waals surface area (Å²) in [5.74, 6) is -2.05. The molecule has 9 nitrogen and oxygen atoms in total. The number of rotatable bonds is 44. The van der Waals surface area contributed by atoms with Gasteiger partial charge in [0.15, 0.2) is 6.10 Å². The summed E-state index contributed by atoms with van der Waals surface area (Å²) in [6.07, 6.45) is 54.9. The van der Waals surface area contributed by atoms with Crippen molar-refractivity contribution in [3.05, 3.63) is 85.1 Å². The average Bonchev–Trinajstić information content (AvgIpc) is 3.24. The molecule has 360 valence electrons. The Morgan fingerprint density at radius 1 is 0.492 bits per heavy atom. The van der Waals surface area contributed by atoms with Crippen LogP contribution < -0.4 is 0 Å². The zero-order valence-corrected chi connectivity index (χ0v) is 40.7. The minimum atomic E-state index is -1.52. The monoisotopic (exact) mass is 883 g/mol. The molecule has 0 saturated heterocycles. The van der Waals surface area contributed by atoms with Crippen molar-refractivity contribution >= 4 is 17.9 Å². The summed E-state index contributed by atoms with van der Waals surface area (Å²) in [6.45, 7) is 4.68. The molecule has 0 amide bonds. The maximum atomic E-state index is 12.8. The Kier molecular flexibility index (Phi) is 42.5. The van der Waals surface area contributed by atoms with Crippen LogP contribution in [0.25, 0.3) is 0 Å². The molecule has 0 saturated carbocycles. The second kappa shape index (κ2) is 45.1. The highest BCUT2D eigenvalue weighted by atomic mass is 16.7. The van der Waals surface area contributed by atoms with E-state index in [4.69, 9.17) is 18.9 Å². The second-order valence-electron chi connectivity index (χ2n) is 17.4. The van der Waals surface area contributed by atoms with Crippen molar-refractivity contribution in [2.75, 3.05) is 47.5 Å².